The molecule has 2 aromatic heterocycles. The van der Waals surface area contributed by atoms with Crippen molar-refractivity contribution >= 4 is 46.5 Å². The van der Waals surface area contributed by atoms with E-state index in [0.717, 1.165) is 24.5 Å². The summed E-state index contributed by atoms with van der Waals surface area (Å²) in [5, 5.41) is 9.74. The summed E-state index contributed by atoms with van der Waals surface area (Å²) in [6.45, 7) is 12.3. The molecule has 0 atom stereocenters. The molecule has 4 aromatic carbocycles. The number of aromatic nitrogens is 4. The summed E-state index contributed by atoms with van der Waals surface area (Å²) in [4.78, 5) is 34.7. The Hall–Kier alpha value is -5.88. The van der Waals surface area contributed by atoms with Crippen LogP contribution in [0.15, 0.2) is 121 Å². The number of benzene rings is 4. The highest BCUT2D eigenvalue weighted by Gasteiger charge is 2.18. The van der Waals surface area contributed by atoms with E-state index in [1.807, 2.05) is 115 Å². The average molecular weight is 786 g/mol. The molecule has 0 aliphatic carbocycles. The van der Waals surface area contributed by atoms with Gasteiger partial charge in [-0.2, -0.15) is 0 Å². The molecule has 296 valence electrons. The molecule has 0 fully saturated rings. The number of carbonyl (C=O) groups excluding carboxylic acids is 1. The van der Waals surface area contributed by atoms with Gasteiger partial charge in [0.15, 0.2) is 0 Å². The number of amides is 1. The molecule has 0 saturated heterocycles. The smallest absolute Gasteiger partial charge is 0.413 e. The second kappa shape index (κ2) is 20.3. The highest BCUT2D eigenvalue weighted by Crippen LogP contribution is 2.21. The molecule has 3 N–H and O–H groups in total. The molecule has 57 heavy (non-hydrogen) atoms. The zero-order chi connectivity index (χ0) is 40.8. The maximum atomic E-state index is 12.3. The third kappa shape index (κ3) is 15.3. The lowest BCUT2D eigenvalue weighted by atomic mass is 10.2. The minimum atomic E-state index is -0.598. The van der Waals surface area contributed by atoms with Gasteiger partial charge in [-0.1, -0.05) is 108 Å². The van der Waals surface area contributed by atoms with Gasteiger partial charge in [0.25, 0.3) is 0 Å². The van der Waals surface area contributed by atoms with Crippen LogP contribution in [0.2, 0.25) is 5.15 Å². The third-order valence-electron chi connectivity index (χ3n) is 8.20. The first kappa shape index (κ1) is 42.3. The highest BCUT2D eigenvalue weighted by atomic mass is 35.5. The molecule has 0 saturated carbocycles. The number of nitrogens with zero attached hydrogens (tertiary/aromatic N) is 6. The van der Waals surface area contributed by atoms with Crippen LogP contribution in [0.4, 0.5) is 33.6 Å². The Balaban J connectivity index is 0.000000224. The number of halogens is 1. The van der Waals surface area contributed by atoms with Gasteiger partial charge in [-0.05, 0) is 84.1 Å². The van der Waals surface area contributed by atoms with Crippen molar-refractivity contribution in [2.45, 2.75) is 66.4 Å². The molecule has 6 aromatic rings. The quantitative estimate of drug-likeness (QED) is 0.0976. The SMILES string of the molecule is Cc1ccc(Nc2cc(Cl)nc(CN(C)Cc3ccccc3)n2)cc1.Cc1ccc(Nc2cc(NC(=O)OC(C)(C)C)nc(CN(C)Cc3ccccc3)n2)cc1. The molecule has 2 heterocycles. The van der Waals surface area contributed by atoms with E-state index in [1.54, 1.807) is 12.1 Å². The number of hydrogen-bond acceptors (Lipinski definition) is 10. The van der Waals surface area contributed by atoms with Gasteiger partial charge in [-0.25, -0.2) is 24.7 Å². The normalized spacial score (nSPS) is 11.1. The van der Waals surface area contributed by atoms with Crippen molar-refractivity contribution in [2.75, 3.05) is 30.0 Å². The summed E-state index contributed by atoms with van der Waals surface area (Å²) in [7, 11) is 4.06. The van der Waals surface area contributed by atoms with E-state index >= 15 is 0 Å². The van der Waals surface area contributed by atoms with Crippen LogP contribution in [0.3, 0.4) is 0 Å². The average Bonchev–Trinajstić information content (AvgIpc) is 3.13. The number of hydrogen-bond donors (Lipinski definition) is 3. The molecule has 0 unspecified atom stereocenters. The summed E-state index contributed by atoms with van der Waals surface area (Å²) in [5.74, 6) is 2.96. The van der Waals surface area contributed by atoms with Gasteiger partial charge < -0.3 is 15.4 Å². The predicted octanol–water partition coefficient (Wildman–Crippen LogP) is 10.3. The second-order valence-corrected chi connectivity index (χ2v) is 15.4. The zero-order valence-corrected chi connectivity index (χ0v) is 34.5. The van der Waals surface area contributed by atoms with Gasteiger partial charge in [-0.3, -0.25) is 15.1 Å². The lowest BCUT2D eigenvalue weighted by molar-refractivity contribution is 0.0635. The van der Waals surface area contributed by atoms with Crippen molar-refractivity contribution in [1.29, 1.82) is 0 Å². The Morgan fingerprint density at radius 1 is 0.596 bits per heavy atom. The number of nitrogens with one attached hydrogen (secondary N) is 3. The molecule has 0 aliphatic heterocycles. The summed E-state index contributed by atoms with van der Waals surface area (Å²) in [6.07, 6.45) is -0.555. The van der Waals surface area contributed by atoms with Crippen molar-refractivity contribution in [2.24, 2.45) is 0 Å². The number of anilines is 5. The zero-order valence-electron chi connectivity index (χ0n) is 33.8. The van der Waals surface area contributed by atoms with Crippen LogP contribution in [0.25, 0.3) is 0 Å². The van der Waals surface area contributed by atoms with E-state index in [-0.39, 0.29) is 0 Å². The fourth-order valence-corrected chi connectivity index (χ4v) is 5.86. The van der Waals surface area contributed by atoms with E-state index < -0.39 is 11.7 Å². The topological polar surface area (TPSA) is 120 Å². The largest absolute Gasteiger partial charge is 0.444 e. The Labute approximate surface area is 341 Å². The first-order valence-electron chi connectivity index (χ1n) is 18.8. The van der Waals surface area contributed by atoms with Crippen LogP contribution >= 0.6 is 11.6 Å². The first-order valence-corrected chi connectivity index (χ1v) is 19.2. The van der Waals surface area contributed by atoms with Gasteiger partial charge in [0.2, 0.25) is 0 Å². The van der Waals surface area contributed by atoms with Crippen molar-refractivity contribution < 1.29 is 9.53 Å². The number of ether oxygens (including phenoxy) is 1. The van der Waals surface area contributed by atoms with Gasteiger partial charge in [-0.15, -0.1) is 0 Å². The van der Waals surface area contributed by atoms with Gasteiger partial charge in [0, 0.05) is 36.6 Å². The highest BCUT2D eigenvalue weighted by molar-refractivity contribution is 6.29. The fraction of sp³-hybridized carbons (Fsp3) is 0.267. The molecule has 1 amide bonds. The maximum absolute atomic E-state index is 12.3. The van der Waals surface area contributed by atoms with E-state index in [2.05, 4.69) is 89.0 Å². The molecular formula is C45H52ClN9O2. The monoisotopic (exact) mass is 785 g/mol. The predicted molar refractivity (Wildman–Crippen MR) is 231 cm³/mol. The van der Waals surface area contributed by atoms with E-state index in [1.165, 1.54) is 22.3 Å². The summed E-state index contributed by atoms with van der Waals surface area (Å²) < 4.78 is 5.37. The Morgan fingerprint density at radius 3 is 1.47 bits per heavy atom. The molecule has 0 spiro atoms. The van der Waals surface area contributed by atoms with Crippen LogP contribution in [-0.2, 0) is 30.9 Å². The summed E-state index contributed by atoms with van der Waals surface area (Å²) in [5.41, 5.74) is 6.13. The number of carbonyl (C=O) groups is 1. The fourth-order valence-electron chi connectivity index (χ4n) is 5.66. The van der Waals surface area contributed by atoms with Crippen molar-refractivity contribution in [3.63, 3.8) is 0 Å². The molecule has 6 rings (SSSR count). The molecular weight excluding hydrogens is 734 g/mol. The maximum Gasteiger partial charge on any atom is 0.413 e. The van der Waals surface area contributed by atoms with Gasteiger partial charge >= 0.3 is 6.09 Å². The van der Waals surface area contributed by atoms with Gasteiger partial charge in [0.05, 0.1) is 13.1 Å². The van der Waals surface area contributed by atoms with E-state index in [4.69, 9.17) is 16.3 Å². The third-order valence-corrected chi connectivity index (χ3v) is 8.40. The lowest BCUT2D eigenvalue weighted by Gasteiger charge is -2.20. The molecule has 0 aliphatic rings. The van der Waals surface area contributed by atoms with Crippen molar-refractivity contribution in [1.82, 2.24) is 29.7 Å². The number of rotatable bonds is 13. The van der Waals surface area contributed by atoms with Crippen molar-refractivity contribution in [3.05, 3.63) is 160 Å². The molecule has 0 bridgehead atoms. The molecule has 0 radical (unpaired) electrons. The van der Waals surface area contributed by atoms with Crippen LogP contribution < -0.4 is 16.0 Å². The van der Waals surface area contributed by atoms with Crippen LogP contribution in [0.5, 0.6) is 0 Å². The van der Waals surface area contributed by atoms with Crippen LogP contribution in [0.1, 0.15) is 54.7 Å². The lowest BCUT2D eigenvalue weighted by Crippen LogP contribution is -2.28. The van der Waals surface area contributed by atoms with Gasteiger partial charge in [0.1, 0.15) is 39.9 Å². The standard InChI is InChI=1S/C25H31N5O2.C20H21ClN4/c1-18-11-13-20(14-12-18)26-21-15-22(29-24(31)32-25(2,3)4)28-23(27-21)17-30(5)16-19-9-7-6-8-10-19;1-15-8-10-17(11-9-15)22-19-12-18(21)23-20(24-19)14-25(2)13-16-6-4-3-5-7-16/h6-15H,16-17H2,1-5H3,(H2,26,27,28,29,31);3-12H,13-14H2,1-2H3,(H,22,23,24). The minimum Gasteiger partial charge on any atom is -0.444 e. The van der Waals surface area contributed by atoms with Crippen LogP contribution in [-0.4, -0.2) is 55.5 Å². The van der Waals surface area contributed by atoms with Crippen molar-refractivity contribution in [3.8, 4) is 0 Å². The molecule has 11 nitrogen and oxygen atoms in total. The second-order valence-electron chi connectivity index (χ2n) is 15.0. The molecule has 12 heteroatoms. The minimum absolute atomic E-state index is 0.381. The first-order chi connectivity index (χ1) is 27.2. The Kier molecular flexibility index (Phi) is 15.1. The number of aryl methyl sites for hydroxylation is 2. The van der Waals surface area contributed by atoms with E-state index in [9.17, 15) is 4.79 Å². The Morgan fingerprint density at radius 2 is 1.02 bits per heavy atom. The van der Waals surface area contributed by atoms with E-state index in [0.29, 0.717) is 47.3 Å². The van der Waals surface area contributed by atoms with Crippen LogP contribution in [0, 0.1) is 13.8 Å². The summed E-state index contributed by atoms with van der Waals surface area (Å²) in [6, 6.07) is 40.2. The Bertz CT molecular complexity index is 2160. The summed E-state index contributed by atoms with van der Waals surface area (Å²) >= 11 is 6.18.